The summed E-state index contributed by atoms with van der Waals surface area (Å²) in [5.74, 6) is -2.16. The first kappa shape index (κ1) is 22.5. The van der Waals surface area contributed by atoms with E-state index in [0.29, 0.717) is 18.1 Å². The van der Waals surface area contributed by atoms with E-state index in [1.165, 1.54) is 5.56 Å². The van der Waals surface area contributed by atoms with Crippen LogP contribution in [0.15, 0.2) is 65.3 Å². The summed E-state index contributed by atoms with van der Waals surface area (Å²) in [4.78, 5) is 25.8. The van der Waals surface area contributed by atoms with Crippen molar-refractivity contribution in [1.82, 2.24) is 9.88 Å². The van der Waals surface area contributed by atoms with Gasteiger partial charge in [-0.05, 0) is 56.9 Å². The standard InChI is InChI=1S/C16H19BrN2.C4H4O4/c1-19(2)12-10-15(16-5-3-4-11-18-16)13-6-8-14(17)9-7-13;5-3(6)1-2-4(7)8/h3-9,11,15H,10,12H2,1-2H3;1-2H,(H,5,6)(H,7,8). The molecule has 144 valence electrons. The number of hydrogen-bond acceptors (Lipinski definition) is 4. The number of carbonyl (C=O) groups is 2. The molecule has 0 saturated carbocycles. The number of pyridine rings is 1. The van der Waals surface area contributed by atoms with E-state index in [9.17, 15) is 9.59 Å². The summed E-state index contributed by atoms with van der Waals surface area (Å²) in [7, 11) is 4.22. The smallest absolute Gasteiger partial charge is 0.328 e. The largest absolute Gasteiger partial charge is 0.478 e. The number of aliphatic carboxylic acids is 2. The Bertz CT molecular complexity index is 730. The molecular formula is C20H23BrN2O4. The SMILES string of the molecule is CN(C)CCC(c1ccc(Br)cc1)c1ccccn1.O=C(O)C=CC(=O)O. The Morgan fingerprint density at radius 2 is 1.67 bits per heavy atom. The monoisotopic (exact) mass is 434 g/mol. The second-order valence-corrected chi connectivity index (χ2v) is 6.88. The van der Waals surface area contributed by atoms with Gasteiger partial charge in [0.15, 0.2) is 0 Å². The topological polar surface area (TPSA) is 90.7 Å². The Kier molecular flexibility index (Phi) is 10.00. The number of carboxylic acid groups (broad SMARTS) is 2. The minimum Gasteiger partial charge on any atom is -0.478 e. The van der Waals surface area contributed by atoms with Crippen LogP contribution < -0.4 is 0 Å². The first-order valence-electron chi connectivity index (χ1n) is 8.24. The van der Waals surface area contributed by atoms with E-state index in [4.69, 9.17) is 10.2 Å². The van der Waals surface area contributed by atoms with Crippen LogP contribution in [0.1, 0.15) is 23.6 Å². The third-order valence-corrected chi connectivity index (χ3v) is 4.08. The maximum Gasteiger partial charge on any atom is 0.328 e. The van der Waals surface area contributed by atoms with Gasteiger partial charge in [-0.3, -0.25) is 4.98 Å². The third kappa shape index (κ3) is 9.67. The zero-order chi connectivity index (χ0) is 20.2. The number of rotatable bonds is 7. The molecule has 0 aliphatic rings. The van der Waals surface area contributed by atoms with E-state index >= 15 is 0 Å². The van der Waals surface area contributed by atoms with E-state index in [1.54, 1.807) is 0 Å². The van der Waals surface area contributed by atoms with Crippen molar-refractivity contribution in [3.05, 3.63) is 76.5 Å². The highest BCUT2D eigenvalue weighted by Crippen LogP contribution is 2.27. The van der Waals surface area contributed by atoms with Crippen molar-refractivity contribution in [2.24, 2.45) is 0 Å². The summed E-state index contributed by atoms with van der Waals surface area (Å²) in [5.41, 5.74) is 2.47. The fraction of sp³-hybridized carbons (Fsp3) is 0.250. The molecular weight excluding hydrogens is 412 g/mol. The molecule has 0 bridgehead atoms. The Balaban J connectivity index is 0.000000387. The highest BCUT2D eigenvalue weighted by Gasteiger charge is 2.15. The molecule has 2 aromatic rings. The van der Waals surface area contributed by atoms with Gasteiger partial charge in [0.05, 0.1) is 0 Å². The maximum absolute atomic E-state index is 9.55. The summed E-state index contributed by atoms with van der Waals surface area (Å²) in [5, 5.41) is 15.6. The van der Waals surface area contributed by atoms with Gasteiger partial charge in [0.1, 0.15) is 0 Å². The quantitative estimate of drug-likeness (QED) is 0.646. The van der Waals surface area contributed by atoms with Crippen LogP contribution in [0.25, 0.3) is 0 Å². The van der Waals surface area contributed by atoms with Crippen LogP contribution in [0.5, 0.6) is 0 Å². The molecule has 27 heavy (non-hydrogen) atoms. The number of carboxylic acids is 2. The molecule has 1 aromatic carbocycles. The van der Waals surface area contributed by atoms with Crippen LogP contribution in [-0.4, -0.2) is 52.7 Å². The van der Waals surface area contributed by atoms with Gasteiger partial charge in [-0.15, -0.1) is 0 Å². The average molecular weight is 435 g/mol. The molecule has 7 heteroatoms. The summed E-state index contributed by atoms with van der Waals surface area (Å²) < 4.78 is 1.11. The lowest BCUT2D eigenvalue weighted by Gasteiger charge is -2.19. The molecule has 1 atom stereocenters. The Labute approximate surface area is 167 Å². The van der Waals surface area contributed by atoms with Crippen molar-refractivity contribution in [1.29, 1.82) is 0 Å². The first-order valence-corrected chi connectivity index (χ1v) is 9.04. The Morgan fingerprint density at radius 3 is 2.11 bits per heavy atom. The molecule has 0 amide bonds. The molecule has 0 aliphatic carbocycles. The zero-order valence-corrected chi connectivity index (χ0v) is 16.8. The molecule has 0 fully saturated rings. The second kappa shape index (κ2) is 12.0. The molecule has 0 spiro atoms. The first-order chi connectivity index (χ1) is 12.8. The number of halogens is 1. The van der Waals surface area contributed by atoms with Crippen molar-refractivity contribution in [3.8, 4) is 0 Å². The fourth-order valence-corrected chi connectivity index (χ4v) is 2.56. The Hall–Kier alpha value is -2.51. The minimum atomic E-state index is -1.26. The minimum absolute atomic E-state index is 0.358. The normalized spacial score (nSPS) is 11.7. The molecule has 1 heterocycles. The second-order valence-electron chi connectivity index (χ2n) is 5.96. The molecule has 1 aromatic heterocycles. The highest BCUT2D eigenvalue weighted by molar-refractivity contribution is 9.10. The molecule has 1 unspecified atom stereocenters. The zero-order valence-electron chi connectivity index (χ0n) is 15.2. The number of hydrogen-bond donors (Lipinski definition) is 2. The van der Waals surface area contributed by atoms with E-state index in [1.807, 2.05) is 12.3 Å². The van der Waals surface area contributed by atoms with Gasteiger partial charge in [0.25, 0.3) is 0 Å². The van der Waals surface area contributed by atoms with Gasteiger partial charge in [0, 0.05) is 34.4 Å². The van der Waals surface area contributed by atoms with Crippen molar-refractivity contribution >= 4 is 27.9 Å². The molecule has 0 radical (unpaired) electrons. The molecule has 0 saturated heterocycles. The number of benzene rings is 1. The van der Waals surface area contributed by atoms with Crippen LogP contribution in [0, 0.1) is 0 Å². The number of aromatic nitrogens is 1. The van der Waals surface area contributed by atoms with E-state index < -0.39 is 11.9 Å². The van der Waals surface area contributed by atoms with Gasteiger partial charge in [-0.1, -0.05) is 34.1 Å². The summed E-state index contributed by atoms with van der Waals surface area (Å²) in [6, 6.07) is 14.7. The average Bonchev–Trinajstić information content (AvgIpc) is 2.63. The summed E-state index contributed by atoms with van der Waals surface area (Å²) in [6.07, 6.45) is 4.06. The summed E-state index contributed by atoms with van der Waals surface area (Å²) in [6.45, 7) is 1.05. The predicted octanol–water partition coefficient (Wildman–Crippen LogP) is 3.64. The lowest BCUT2D eigenvalue weighted by molar-refractivity contribution is -0.134. The summed E-state index contributed by atoms with van der Waals surface area (Å²) >= 11 is 3.49. The van der Waals surface area contributed by atoms with Crippen LogP contribution >= 0.6 is 15.9 Å². The van der Waals surface area contributed by atoms with E-state index in [0.717, 1.165) is 23.1 Å². The lowest BCUT2D eigenvalue weighted by atomic mass is 9.92. The van der Waals surface area contributed by atoms with Crippen molar-refractivity contribution in [2.75, 3.05) is 20.6 Å². The van der Waals surface area contributed by atoms with Gasteiger partial charge in [-0.25, -0.2) is 9.59 Å². The fourth-order valence-electron chi connectivity index (χ4n) is 2.29. The maximum atomic E-state index is 9.55. The van der Waals surface area contributed by atoms with Crippen molar-refractivity contribution in [3.63, 3.8) is 0 Å². The molecule has 6 nitrogen and oxygen atoms in total. The third-order valence-electron chi connectivity index (χ3n) is 3.55. The Morgan fingerprint density at radius 1 is 1.07 bits per heavy atom. The van der Waals surface area contributed by atoms with Gasteiger partial charge < -0.3 is 15.1 Å². The highest BCUT2D eigenvalue weighted by atomic mass is 79.9. The van der Waals surface area contributed by atoms with Crippen LogP contribution in [0.2, 0.25) is 0 Å². The molecule has 2 N–H and O–H groups in total. The van der Waals surface area contributed by atoms with Gasteiger partial charge >= 0.3 is 11.9 Å². The van der Waals surface area contributed by atoms with Gasteiger partial charge in [0.2, 0.25) is 0 Å². The molecule has 2 rings (SSSR count). The van der Waals surface area contributed by atoms with Crippen LogP contribution in [0.3, 0.4) is 0 Å². The molecule has 0 aliphatic heterocycles. The predicted molar refractivity (Wildman–Crippen MR) is 108 cm³/mol. The number of nitrogens with zero attached hydrogens (tertiary/aromatic N) is 2. The van der Waals surface area contributed by atoms with Crippen LogP contribution in [0.4, 0.5) is 0 Å². The van der Waals surface area contributed by atoms with Crippen molar-refractivity contribution in [2.45, 2.75) is 12.3 Å². The lowest BCUT2D eigenvalue weighted by Crippen LogP contribution is -2.17. The van der Waals surface area contributed by atoms with Crippen molar-refractivity contribution < 1.29 is 19.8 Å². The van der Waals surface area contributed by atoms with Gasteiger partial charge in [-0.2, -0.15) is 0 Å². The van der Waals surface area contributed by atoms with Crippen LogP contribution in [-0.2, 0) is 9.59 Å². The van der Waals surface area contributed by atoms with E-state index in [2.05, 4.69) is 76.3 Å². The van der Waals surface area contributed by atoms with E-state index in [-0.39, 0.29) is 0 Å².